The molecule has 0 saturated heterocycles. The monoisotopic (exact) mass is 237 g/mol. The lowest BCUT2D eigenvalue weighted by Crippen LogP contribution is -2.27. The van der Waals surface area contributed by atoms with E-state index in [0.717, 1.165) is 6.42 Å². The highest BCUT2D eigenvalue weighted by atomic mass is 32.2. The van der Waals surface area contributed by atoms with Gasteiger partial charge in [0.05, 0.1) is 6.61 Å². The van der Waals surface area contributed by atoms with E-state index >= 15 is 0 Å². The Labute approximate surface area is 101 Å². The maximum Gasteiger partial charge on any atom is 0.0508 e. The normalized spacial score (nSPS) is 32.8. The minimum atomic E-state index is -0.0894. The van der Waals surface area contributed by atoms with Crippen molar-refractivity contribution in [2.45, 2.75) is 23.7 Å². The van der Waals surface area contributed by atoms with E-state index < -0.39 is 0 Å². The largest absolute Gasteiger partial charge is 0.396 e. The van der Waals surface area contributed by atoms with E-state index in [1.807, 2.05) is 0 Å². The van der Waals surface area contributed by atoms with E-state index in [1.54, 1.807) is 11.8 Å². The van der Waals surface area contributed by atoms with E-state index in [9.17, 15) is 5.11 Å². The highest BCUT2D eigenvalue weighted by Crippen LogP contribution is 2.63. The molecule has 0 radical (unpaired) electrons. The average molecular weight is 237 g/mol. The molecule has 3 N–H and O–H groups in total. The summed E-state index contributed by atoms with van der Waals surface area (Å²) >= 11 is 1.75. The molecule has 88 valence electrons. The van der Waals surface area contributed by atoms with Crippen LogP contribution in [-0.2, 0) is 5.41 Å². The summed E-state index contributed by atoms with van der Waals surface area (Å²) in [6.45, 7) is 2.94. The molecular formula is C13H19NOS. The first-order valence-electron chi connectivity index (χ1n) is 5.57. The molecule has 1 aromatic rings. The highest BCUT2D eigenvalue weighted by molar-refractivity contribution is 7.98. The van der Waals surface area contributed by atoms with E-state index in [-0.39, 0.29) is 17.4 Å². The zero-order chi connectivity index (χ0) is 11.8. The Hall–Kier alpha value is -0.510. The van der Waals surface area contributed by atoms with Gasteiger partial charge in [-0.15, -0.1) is 11.8 Å². The van der Waals surface area contributed by atoms with Gasteiger partial charge in [-0.3, -0.25) is 0 Å². The van der Waals surface area contributed by atoms with Crippen LogP contribution in [0.5, 0.6) is 0 Å². The van der Waals surface area contributed by atoms with Crippen LogP contribution in [0.3, 0.4) is 0 Å². The van der Waals surface area contributed by atoms with Gasteiger partial charge in [-0.05, 0) is 30.4 Å². The molecule has 0 heterocycles. The minimum Gasteiger partial charge on any atom is -0.396 e. The molecule has 2 atom stereocenters. The maximum atomic E-state index is 9.47. The quantitative estimate of drug-likeness (QED) is 0.787. The van der Waals surface area contributed by atoms with Crippen LogP contribution in [0.25, 0.3) is 0 Å². The predicted molar refractivity (Wildman–Crippen MR) is 68.8 cm³/mol. The zero-order valence-corrected chi connectivity index (χ0v) is 10.7. The molecule has 1 saturated carbocycles. The fourth-order valence-electron chi connectivity index (χ4n) is 2.59. The second-order valence-electron chi connectivity index (χ2n) is 4.88. The third-order valence-electron chi connectivity index (χ3n) is 4.16. The molecular weight excluding hydrogens is 218 g/mol. The van der Waals surface area contributed by atoms with Crippen LogP contribution in [0.2, 0.25) is 0 Å². The molecule has 16 heavy (non-hydrogen) atoms. The number of benzene rings is 1. The van der Waals surface area contributed by atoms with Crippen LogP contribution in [-0.4, -0.2) is 24.5 Å². The van der Waals surface area contributed by atoms with Crippen molar-refractivity contribution in [2.24, 2.45) is 11.1 Å². The molecule has 1 aliphatic carbocycles. The van der Waals surface area contributed by atoms with Crippen molar-refractivity contribution in [3.05, 3.63) is 29.8 Å². The topological polar surface area (TPSA) is 46.2 Å². The van der Waals surface area contributed by atoms with Crippen molar-refractivity contribution in [1.82, 2.24) is 0 Å². The van der Waals surface area contributed by atoms with Gasteiger partial charge >= 0.3 is 0 Å². The molecule has 0 aliphatic heterocycles. The molecule has 2 unspecified atom stereocenters. The van der Waals surface area contributed by atoms with Gasteiger partial charge in [0.2, 0.25) is 0 Å². The van der Waals surface area contributed by atoms with Crippen molar-refractivity contribution in [2.75, 3.05) is 19.4 Å². The van der Waals surface area contributed by atoms with Gasteiger partial charge in [-0.25, -0.2) is 0 Å². The lowest BCUT2D eigenvalue weighted by Gasteiger charge is -2.19. The summed E-state index contributed by atoms with van der Waals surface area (Å²) in [6.07, 6.45) is 3.07. The second-order valence-corrected chi connectivity index (χ2v) is 5.76. The summed E-state index contributed by atoms with van der Waals surface area (Å²) in [5.41, 5.74) is 7.05. The van der Waals surface area contributed by atoms with Gasteiger partial charge in [-0.2, -0.15) is 0 Å². The van der Waals surface area contributed by atoms with Crippen LogP contribution in [0, 0.1) is 5.41 Å². The van der Waals surface area contributed by atoms with Crippen LogP contribution in [0.15, 0.2) is 29.2 Å². The number of thioether (sulfide) groups is 1. The Bertz CT molecular complexity index is 372. The van der Waals surface area contributed by atoms with E-state index in [4.69, 9.17) is 5.73 Å². The Balaban J connectivity index is 2.25. The standard InChI is InChI=1S/C13H19NOS/c1-12(7-13(12,8-14)9-15)10-3-5-11(16-2)6-4-10/h3-6,15H,7-9,14H2,1-2H3. The van der Waals surface area contributed by atoms with Crippen molar-refractivity contribution in [3.63, 3.8) is 0 Å². The maximum absolute atomic E-state index is 9.47. The second kappa shape index (κ2) is 4.06. The first-order chi connectivity index (χ1) is 7.62. The van der Waals surface area contributed by atoms with Crippen molar-refractivity contribution in [1.29, 1.82) is 0 Å². The number of aliphatic hydroxyl groups excluding tert-OH is 1. The van der Waals surface area contributed by atoms with Crippen molar-refractivity contribution < 1.29 is 5.11 Å². The van der Waals surface area contributed by atoms with Gasteiger partial charge in [0.15, 0.2) is 0 Å². The van der Waals surface area contributed by atoms with Crippen LogP contribution in [0.4, 0.5) is 0 Å². The van der Waals surface area contributed by atoms with Crippen LogP contribution >= 0.6 is 11.8 Å². The Morgan fingerprint density at radius 3 is 2.38 bits per heavy atom. The molecule has 0 aromatic heterocycles. The lowest BCUT2D eigenvalue weighted by atomic mass is 9.88. The summed E-state index contributed by atoms with van der Waals surface area (Å²) in [5.74, 6) is 0. The minimum absolute atomic E-state index is 0.0629. The molecule has 3 heteroatoms. The molecule has 2 nitrogen and oxygen atoms in total. The number of hydrogen-bond donors (Lipinski definition) is 2. The Morgan fingerprint density at radius 2 is 2.00 bits per heavy atom. The Kier molecular flexibility index (Phi) is 3.03. The van der Waals surface area contributed by atoms with E-state index in [0.29, 0.717) is 6.54 Å². The highest BCUT2D eigenvalue weighted by Gasteiger charge is 2.63. The number of rotatable bonds is 4. The third-order valence-corrected chi connectivity index (χ3v) is 4.90. The average Bonchev–Trinajstić information content (AvgIpc) is 2.97. The molecule has 1 fully saturated rings. The summed E-state index contributed by atoms with van der Waals surface area (Å²) in [4.78, 5) is 1.27. The summed E-state index contributed by atoms with van der Waals surface area (Å²) in [5, 5.41) is 9.47. The van der Waals surface area contributed by atoms with Gasteiger partial charge < -0.3 is 10.8 Å². The SMILES string of the molecule is CSc1ccc(C2(C)CC2(CN)CO)cc1. The fraction of sp³-hybridized carbons (Fsp3) is 0.538. The predicted octanol–water partition coefficient (Wildman–Crippen LogP) is 2.01. The van der Waals surface area contributed by atoms with Gasteiger partial charge in [-0.1, -0.05) is 19.1 Å². The molecule has 1 aromatic carbocycles. The number of hydrogen-bond acceptors (Lipinski definition) is 3. The van der Waals surface area contributed by atoms with Crippen molar-refractivity contribution >= 4 is 11.8 Å². The smallest absolute Gasteiger partial charge is 0.0508 e. The van der Waals surface area contributed by atoms with Crippen molar-refractivity contribution in [3.8, 4) is 0 Å². The summed E-state index contributed by atoms with van der Waals surface area (Å²) in [6, 6.07) is 8.61. The molecule has 0 amide bonds. The number of nitrogens with two attached hydrogens (primary N) is 1. The van der Waals surface area contributed by atoms with E-state index in [1.165, 1.54) is 10.5 Å². The summed E-state index contributed by atoms with van der Waals surface area (Å²) in [7, 11) is 0. The molecule has 0 spiro atoms. The fourth-order valence-corrected chi connectivity index (χ4v) is 3.00. The first kappa shape index (κ1) is 12.0. The van der Waals surface area contributed by atoms with Gasteiger partial charge in [0, 0.05) is 22.3 Å². The van der Waals surface area contributed by atoms with Gasteiger partial charge in [0.1, 0.15) is 0 Å². The summed E-state index contributed by atoms with van der Waals surface area (Å²) < 4.78 is 0. The molecule has 2 rings (SSSR count). The first-order valence-corrected chi connectivity index (χ1v) is 6.80. The van der Waals surface area contributed by atoms with Gasteiger partial charge in [0.25, 0.3) is 0 Å². The van der Waals surface area contributed by atoms with Crippen LogP contribution in [0.1, 0.15) is 18.9 Å². The molecule has 1 aliphatic rings. The third kappa shape index (κ3) is 1.58. The molecule has 0 bridgehead atoms. The Morgan fingerprint density at radius 1 is 1.38 bits per heavy atom. The lowest BCUT2D eigenvalue weighted by molar-refractivity contribution is 0.198. The zero-order valence-electron chi connectivity index (χ0n) is 9.86. The van der Waals surface area contributed by atoms with Crippen LogP contribution < -0.4 is 5.73 Å². The van der Waals surface area contributed by atoms with E-state index in [2.05, 4.69) is 37.4 Å². The number of aliphatic hydroxyl groups is 1.